The summed E-state index contributed by atoms with van der Waals surface area (Å²) in [7, 11) is 0. The van der Waals surface area contributed by atoms with Crippen LogP contribution in [0.1, 0.15) is 11.1 Å². The molecule has 0 aliphatic heterocycles. The van der Waals surface area contributed by atoms with E-state index in [0.717, 1.165) is 20.5 Å². The molecule has 0 saturated heterocycles. The third kappa shape index (κ3) is 3.19. The second-order valence-corrected chi connectivity index (χ2v) is 7.79. The van der Waals surface area contributed by atoms with Gasteiger partial charge >= 0.3 is 0 Å². The molecule has 0 bridgehead atoms. The maximum Gasteiger partial charge on any atom is 0.271 e. The number of nitrogens with zero attached hydrogens (tertiary/aromatic N) is 3. The SMILES string of the molecule is N#Cc1ccc(Cn2cnc3cc(-c4ccc(Br)cc4)sc3c2=O)cc1. The van der Waals surface area contributed by atoms with Crippen LogP contribution in [0, 0.1) is 11.3 Å². The normalized spacial score (nSPS) is 10.8. The molecule has 0 unspecified atom stereocenters. The lowest BCUT2D eigenvalue weighted by Crippen LogP contribution is -2.20. The van der Waals surface area contributed by atoms with Crippen molar-refractivity contribution in [3.63, 3.8) is 0 Å². The highest BCUT2D eigenvalue weighted by atomic mass is 79.9. The zero-order chi connectivity index (χ0) is 18.1. The van der Waals surface area contributed by atoms with E-state index in [2.05, 4.69) is 27.0 Å². The minimum Gasteiger partial charge on any atom is -0.294 e. The molecule has 0 radical (unpaired) electrons. The van der Waals surface area contributed by atoms with Gasteiger partial charge in [0.15, 0.2) is 0 Å². The molecule has 6 heteroatoms. The van der Waals surface area contributed by atoms with Crippen molar-refractivity contribution in [1.29, 1.82) is 5.26 Å². The first-order chi connectivity index (χ1) is 12.6. The number of rotatable bonds is 3. The predicted molar refractivity (Wildman–Crippen MR) is 107 cm³/mol. The van der Waals surface area contributed by atoms with Gasteiger partial charge in [-0.25, -0.2) is 4.98 Å². The fourth-order valence-corrected chi connectivity index (χ4v) is 4.03. The van der Waals surface area contributed by atoms with Crippen molar-refractivity contribution in [2.75, 3.05) is 0 Å². The maximum absolute atomic E-state index is 12.8. The van der Waals surface area contributed by atoms with E-state index in [-0.39, 0.29) is 5.56 Å². The predicted octanol–water partition coefficient (Wildman–Crippen LogP) is 4.81. The molecule has 0 amide bonds. The van der Waals surface area contributed by atoms with Crippen molar-refractivity contribution >= 4 is 37.5 Å². The Bertz CT molecular complexity index is 1190. The average Bonchev–Trinajstić information content (AvgIpc) is 3.10. The second-order valence-electron chi connectivity index (χ2n) is 5.82. The smallest absolute Gasteiger partial charge is 0.271 e. The molecule has 26 heavy (non-hydrogen) atoms. The summed E-state index contributed by atoms with van der Waals surface area (Å²) in [5.74, 6) is 0. The molecule has 126 valence electrons. The highest BCUT2D eigenvalue weighted by molar-refractivity contribution is 9.10. The van der Waals surface area contributed by atoms with Gasteiger partial charge in [0.2, 0.25) is 0 Å². The van der Waals surface area contributed by atoms with E-state index >= 15 is 0 Å². The largest absolute Gasteiger partial charge is 0.294 e. The van der Waals surface area contributed by atoms with Gasteiger partial charge in [-0.1, -0.05) is 40.2 Å². The summed E-state index contributed by atoms with van der Waals surface area (Å²) in [6.45, 7) is 0.430. The Labute approximate surface area is 162 Å². The molecule has 4 nitrogen and oxygen atoms in total. The number of thiophene rings is 1. The van der Waals surface area contributed by atoms with E-state index < -0.39 is 0 Å². The molecule has 4 aromatic rings. The first-order valence-corrected chi connectivity index (χ1v) is 9.49. The fourth-order valence-electron chi connectivity index (χ4n) is 2.70. The molecule has 0 atom stereocenters. The molecule has 0 N–H and O–H groups in total. The average molecular weight is 422 g/mol. The monoisotopic (exact) mass is 421 g/mol. The van der Waals surface area contributed by atoms with Crippen molar-refractivity contribution in [2.45, 2.75) is 6.54 Å². The molecule has 0 fully saturated rings. The second kappa shape index (κ2) is 6.87. The third-order valence-electron chi connectivity index (χ3n) is 4.07. The molecule has 0 aliphatic carbocycles. The van der Waals surface area contributed by atoms with E-state index in [9.17, 15) is 4.79 Å². The number of nitriles is 1. The van der Waals surface area contributed by atoms with Crippen LogP contribution < -0.4 is 5.56 Å². The zero-order valence-electron chi connectivity index (χ0n) is 13.5. The standard InChI is InChI=1S/C20H12BrN3OS/c21-16-7-5-15(6-8-16)18-9-17-19(26-18)20(25)24(12-23-17)11-14-3-1-13(10-22)2-4-14/h1-9,12H,11H2. The minimum atomic E-state index is -0.0484. The van der Waals surface area contributed by atoms with E-state index in [4.69, 9.17) is 5.26 Å². The summed E-state index contributed by atoms with van der Waals surface area (Å²) >= 11 is 4.89. The van der Waals surface area contributed by atoms with Crippen LogP contribution in [0.15, 0.2) is 70.2 Å². The van der Waals surface area contributed by atoms with Gasteiger partial charge < -0.3 is 0 Å². The molecule has 2 heterocycles. The van der Waals surface area contributed by atoms with E-state index in [1.54, 1.807) is 23.0 Å². The summed E-state index contributed by atoms with van der Waals surface area (Å²) in [6.07, 6.45) is 1.58. The molecule has 0 aliphatic rings. The van der Waals surface area contributed by atoms with Gasteiger partial charge in [0.25, 0.3) is 5.56 Å². The Kier molecular flexibility index (Phi) is 4.41. The topological polar surface area (TPSA) is 58.7 Å². The molecule has 0 spiro atoms. The molecule has 0 saturated carbocycles. The van der Waals surface area contributed by atoms with Gasteiger partial charge in [0.05, 0.1) is 30.0 Å². The van der Waals surface area contributed by atoms with Gasteiger partial charge in [-0.15, -0.1) is 11.3 Å². The van der Waals surface area contributed by atoms with Crippen LogP contribution >= 0.6 is 27.3 Å². The Hall–Kier alpha value is -2.75. The molecule has 2 aromatic heterocycles. The van der Waals surface area contributed by atoms with Crippen LogP contribution in [0.3, 0.4) is 0 Å². The van der Waals surface area contributed by atoms with Crippen LogP contribution in [0.4, 0.5) is 0 Å². The number of halogens is 1. The Morgan fingerprint density at radius 1 is 1.12 bits per heavy atom. The minimum absolute atomic E-state index is 0.0484. The molecular formula is C20H12BrN3OS. The summed E-state index contributed by atoms with van der Waals surface area (Å²) in [4.78, 5) is 18.3. The lowest BCUT2D eigenvalue weighted by Gasteiger charge is -2.05. The van der Waals surface area contributed by atoms with Crippen LogP contribution in [0.25, 0.3) is 20.7 Å². The summed E-state index contributed by atoms with van der Waals surface area (Å²) in [5.41, 5.74) is 3.29. The van der Waals surface area contributed by atoms with E-state index in [1.165, 1.54) is 11.3 Å². The van der Waals surface area contributed by atoms with E-state index in [1.807, 2.05) is 42.5 Å². The van der Waals surface area contributed by atoms with Gasteiger partial charge in [-0.3, -0.25) is 9.36 Å². The number of benzene rings is 2. The van der Waals surface area contributed by atoms with Crippen molar-refractivity contribution in [2.24, 2.45) is 0 Å². The maximum atomic E-state index is 12.8. The van der Waals surface area contributed by atoms with Crippen LogP contribution in [0.5, 0.6) is 0 Å². The number of hydrogen-bond donors (Lipinski definition) is 0. The highest BCUT2D eigenvalue weighted by Gasteiger charge is 2.11. The van der Waals surface area contributed by atoms with Crippen LogP contribution in [-0.2, 0) is 6.54 Å². The van der Waals surface area contributed by atoms with Crippen LogP contribution in [0.2, 0.25) is 0 Å². The Balaban J connectivity index is 1.71. The lowest BCUT2D eigenvalue weighted by molar-refractivity contribution is 0.750. The van der Waals surface area contributed by atoms with Crippen molar-refractivity contribution in [1.82, 2.24) is 9.55 Å². The lowest BCUT2D eigenvalue weighted by atomic mass is 10.1. The molecular weight excluding hydrogens is 410 g/mol. The van der Waals surface area contributed by atoms with Gasteiger partial charge in [0, 0.05) is 9.35 Å². The quantitative estimate of drug-likeness (QED) is 0.476. The van der Waals surface area contributed by atoms with Crippen molar-refractivity contribution in [3.05, 3.63) is 86.9 Å². The third-order valence-corrected chi connectivity index (χ3v) is 5.76. The molecule has 4 rings (SSSR count). The van der Waals surface area contributed by atoms with E-state index in [0.29, 0.717) is 22.3 Å². The van der Waals surface area contributed by atoms with Crippen molar-refractivity contribution < 1.29 is 0 Å². The fraction of sp³-hybridized carbons (Fsp3) is 0.0500. The number of aromatic nitrogens is 2. The van der Waals surface area contributed by atoms with Gasteiger partial charge in [-0.2, -0.15) is 5.26 Å². The highest BCUT2D eigenvalue weighted by Crippen LogP contribution is 2.31. The summed E-state index contributed by atoms with van der Waals surface area (Å²) in [6, 6.07) is 19.3. The number of hydrogen-bond acceptors (Lipinski definition) is 4. The first-order valence-electron chi connectivity index (χ1n) is 7.88. The van der Waals surface area contributed by atoms with Crippen LogP contribution in [-0.4, -0.2) is 9.55 Å². The first kappa shape index (κ1) is 16.7. The van der Waals surface area contributed by atoms with Crippen molar-refractivity contribution in [3.8, 4) is 16.5 Å². The Morgan fingerprint density at radius 2 is 1.85 bits per heavy atom. The molecule has 2 aromatic carbocycles. The zero-order valence-corrected chi connectivity index (χ0v) is 15.9. The Morgan fingerprint density at radius 3 is 2.54 bits per heavy atom. The summed E-state index contributed by atoms with van der Waals surface area (Å²) in [5, 5.41) is 8.88. The number of fused-ring (bicyclic) bond motifs is 1. The van der Waals surface area contributed by atoms with Gasteiger partial charge in [0.1, 0.15) is 4.70 Å². The summed E-state index contributed by atoms with van der Waals surface area (Å²) < 4.78 is 3.27. The van der Waals surface area contributed by atoms with Gasteiger partial charge in [-0.05, 0) is 41.5 Å².